The standard InChI is InChI=1S/C23H25Cl3N4O/c1-2-30(12-4-3-5-13-30)28-23(31)20-15-22(16-6-8-17(24)9-7-16)29(27-20)21-11-10-18(25)14-19(21)26/h6-11,14,22H,2-5,12-13,15H2,1H3/p+1. The lowest BCUT2D eigenvalue weighted by atomic mass is 10.0. The number of halogens is 3. The van der Waals surface area contributed by atoms with E-state index in [2.05, 4.69) is 12.3 Å². The smallest absolute Gasteiger partial charge is 0.263 e. The molecule has 31 heavy (non-hydrogen) atoms. The van der Waals surface area contributed by atoms with Crippen molar-refractivity contribution >= 4 is 52.1 Å². The molecule has 0 radical (unpaired) electrons. The van der Waals surface area contributed by atoms with Gasteiger partial charge in [-0.3, -0.25) is 9.80 Å². The summed E-state index contributed by atoms with van der Waals surface area (Å²) in [6, 6.07) is 12.8. The maximum atomic E-state index is 13.3. The minimum absolute atomic E-state index is 0.115. The first-order valence-electron chi connectivity index (χ1n) is 10.7. The molecule has 0 spiro atoms. The number of benzene rings is 2. The highest BCUT2D eigenvalue weighted by atomic mass is 35.5. The maximum absolute atomic E-state index is 13.3. The second-order valence-electron chi connectivity index (χ2n) is 8.17. The Bertz CT molecular complexity index is 987. The molecular weight excluding hydrogens is 455 g/mol. The van der Waals surface area contributed by atoms with E-state index in [-0.39, 0.29) is 11.9 Å². The average Bonchev–Trinajstić information content (AvgIpc) is 3.20. The van der Waals surface area contributed by atoms with Crippen molar-refractivity contribution in [3.05, 3.63) is 63.1 Å². The van der Waals surface area contributed by atoms with Gasteiger partial charge in [0.25, 0.3) is 0 Å². The third-order valence-electron chi connectivity index (χ3n) is 6.20. The van der Waals surface area contributed by atoms with Crippen molar-refractivity contribution in [2.75, 3.05) is 24.6 Å². The second kappa shape index (κ2) is 9.37. The predicted molar refractivity (Wildman–Crippen MR) is 128 cm³/mol. The Morgan fingerprint density at radius 2 is 1.74 bits per heavy atom. The number of likely N-dealkylation sites (tertiary alicyclic amines) is 1. The van der Waals surface area contributed by atoms with Crippen LogP contribution in [-0.4, -0.2) is 35.8 Å². The van der Waals surface area contributed by atoms with Crippen molar-refractivity contribution in [3.8, 4) is 0 Å². The molecule has 1 atom stereocenters. The SMILES string of the molecule is CC[N+]1(NC(=O)C2=NN(c3ccc(Cl)cc3Cl)C(c3ccc(Cl)cc3)C2)CCCCC1. The number of carbonyl (C=O) groups excluding carboxylic acids is 1. The molecule has 1 fully saturated rings. The molecule has 2 aliphatic rings. The zero-order valence-corrected chi connectivity index (χ0v) is 19.7. The Balaban J connectivity index is 1.65. The number of nitrogens with zero attached hydrogens (tertiary/aromatic N) is 3. The number of hydrogen-bond acceptors (Lipinski definition) is 3. The summed E-state index contributed by atoms with van der Waals surface area (Å²) < 4.78 is 0.616. The van der Waals surface area contributed by atoms with Crippen LogP contribution >= 0.6 is 34.8 Å². The Morgan fingerprint density at radius 1 is 1.06 bits per heavy atom. The minimum Gasteiger partial charge on any atom is -0.263 e. The van der Waals surface area contributed by atoms with Crippen molar-refractivity contribution in [3.63, 3.8) is 0 Å². The first-order valence-corrected chi connectivity index (χ1v) is 11.8. The van der Waals surface area contributed by atoms with Crippen LogP contribution in [0.1, 0.15) is 44.2 Å². The minimum atomic E-state index is -0.159. The average molecular weight is 481 g/mol. The van der Waals surface area contributed by atoms with E-state index in [1.54, 1.807) is 12.1 Å². The molecule has 2 aliphatic heterocycles. The highest BCUT2D eigenvalue weighted by Crippen LogP contribution is 2.40. The fourth-order valence-corrected chi connectivity index (χ4v) is 5.01. The van der Waals surface area contributed by atoms with Crippen molar-refractivity contribution < 1.29 is 9.39 Å². The van der Waals surface area contributed by atoms with Crippen LogP contribution in [0.3, 0.4) is 0 Å². The number of hydrogen-bond donors (Lipinski definition) is 1. The summed E-state index contributed by atoms with van der Waals surface area (Å²) in [7, 11) is 0. The largest absolute Gasteiger partial charge is 0.312 e. The van der Waals surface area contributed by atoms with E-state index in [0.29, 0.717) is 37.5 Å². The third kappa shape index (κ3) is 4.85. The van der Waals surface area contributed by atoms with Crippen LogP contribution in [0.5, 0.6) is 0 Å². The fourth-order valence-electron chi connectivity index (χ4n) is 4.39. The number of nitrogens with one attached hydrogen (secondary N) is 1. The third-order valence-corrected chi connectivity index (χ3v) is 6.99. The second-order valence-corrected chi connectivity index (χ2v) is 9.45. The molecule has 2 aromatic carbocycles. The van der Waals surface area contributed by atoms with Gasteiger partial charge in [0.1, 0.15) is 18.8 Å². The molecule has 0 bridgehead atoms. The highest BCUT2D eigenvalue weighted by Gasteiger charge is 2.37. The summed E-state index contributed by atoms with van der Waals surface area (Å²) >= 11 is 18.7. The lowest BCUT2D eigenvalue weighted by Crippen LogP contribution is -2.63. The van der Waals surface area contributed by atoms with E-state index in [4.69, 9.17) is 39.9 Å². The van der Waals surface area contributed by atoms with Gasteiger partial charge in [0.15, 0.2) is 0 Å². The van der Waals surface area contributed by atoms with Crippen LogP contribution in [0, 0.1) is 0 Å². The molecule has 8 heteroatoms. The molecule has 0 aliphatic carbocycles. The van der Waals surface area contributed by atoms with Crippen LogP contribution < -0.4 is 10.4 Å². The van der Waals surface area contributed by atoms with Gasteiger partial charge in [-0.25, -0.2) is 4.59 Å². The Morgan fingerprint density at radius 3 is 2.39 bits per heavy atom. The number of rotatable bonds is 5. The van der Waals surface area contributed by atoms with E-state index in [1.165, 1.54) is 6.42 Å². The van der Waals surface area contributed by atoms with Crippen LogP contribution in [0.15, 0.2) is 47.6 Å². The highest BCUT2D eigenvalue weighted by molar-refractivity contribution is 6.40. The molecule has 2 aromatic rings. The molecule has 2 heterocycles. The maximum Gasteiger partial charge on any atom is 0.312 e. The zero-order chi connectivity index (χ0) is 22.0. The number of quaternary nitrogens is 1. The van der Waals surface area contributed by atoms with Crippen LogP contribution in [-0.2, 0) is 4.79 Å². The van der Waals surface area contributed by atoms with Gasteiger partial charge in [0.2, 0.25) is 0 Å². The van der Waals surface area contributed by atoms with Crippen molar-refractivity contribution in [1.29, 1.82) is 0 Å². The van der Waals surface area contributed by atoms with Gasteiger partial charge in [0.05, 0.1) is 23.3 Å². The number of carbonyl (C=O) groups is 1. The van der Waals surface area contributed by atoms with E-state index in [0.717, 1.165) is 38.0 Å². The zero-order valence-electron chi connectivity index (χ0n) is 17.5. The number of anilines is 1. The predicted octanol–water partition coefficient (Wildman–Crippen LogP) is 6.01. The van der Waals surface area contributed by atoms with Crippen molar-refractivity contribution in [1.82, 2.24) is 5.43 Å². The first-order chi connectivity index (χ1) is 14.9. The molecule has 0 aromatic heterocycles. The molecule has 0 saturated carbocycles. The molecule has 1 saturated heterocycles. The van der Waals surface area contributed by atoms with Crippen LogP contribution in [0.25, 0.3) is 0 Å². The molecule has 5 nitrogen and oxygen atoms in total. The lowest BCUT2D eigenvalue weighted by Gasteiger charge is -2.39. The van der Waals surface area contributed by atoms with Gasteiger partial charge in [-0.05, 0) is 62.1 Å². The Kier molecular flexibility index (Phi) is 6.77. The van der Waals surface area contributed by atoms with E-state index in [1.807, 2.05) is 35.3 Å². The van der Waals surface area contributed by atoms with Gasteiger partial charge in [-0.1, -0.05) is 46.9 Å². The lowest BCUT2D eigenvalue weighted by molar-refractivity contribution is -0.963. The molecule has 1 unspecified atom stereocenters. The molecule has 1 amide bonds. The molecule has 4 rings (SSSR count). The van der Waals surface area contributed by atoms with E-state index >= 15 is 0 Å². The van der Waals surface area contributed by atoms with Gasteiger partial charge < -0.3 is 0 Å². The van der Waals surface area contributed by atoms with Crippen molar-refractivity contribution in [2.24, 2.45) is 5.10 Å². The Hall–Kier alpha value is -1.79. The summed E-state index contributed by atoms with van der Waals surface area (Å²) in [5.41, 5.74) is 5.50. The van der Waals surface area contributed by atoms with Crippen LogP contribution in [0.4, 0.5) is 5.69 Å². The van der Waals surface area contributed by atoms with Crippen LogP contribution in [0.2, 0.25) is 15.1 Å². The van der Waals surface area contributed by atoms with Gasteiger partial charge >= 0.3 is 5.91 Å². The Labute approximate surface area is 198 Å². The monoisotopic (exact) mass is 479 g/mol. The van der Waals surface area contributed by atoms with Gasteiger partial charge in [-0.15, -0.1) is 0 Å². The normalized spacial score (nSPS) is 20.5. The number of amides is 1. The molecule has 1 N–H and O–H groups in total. The molecule has 164 valence electrons. The summed E-state index contributed by atoms with van der Waals surface area (Å²) in [5, 5.41) is 8.26. The number of piperidine rings is 1. The fraction of sp³-hybridized carbons (Fsp3) is 0.391. The first kappa shape index (κ1) is 22.4. The summed E-state index contributed by atoms with van der Waals surface area (Å²) in [6.45, 7) is 4.91. The van der Waals surface area contributed by atoms with Gasteiger partial charge in [0, 0.05) is 16.5 Å². The van der Waals surface area contributed by atoms with Crippen molar-refractivity contribution in [2.45, 2.75) is 38.6 Å². The quantitative estimate of drug-likeness (QED) is 0.533. The van der Waals surface area contributed by atoms with E-state index < -0.39 is 0 Å². The van der Waals surface area contributed by atoms with E-state index in [9.17, 15) is 4.79 Å². The topological polar surface area (TPSA) is 44.7 Å². The number of hydrazone groups is 1. The summed E-state index contributed by atoms with van der Waals surface area (Å²) in [6.07, 6.45) is 3.95. The summed E-state index contributed by atoms with van der Waals surface area (Å²) in [4.78, 5) is 13.3. The summed E-state index contributed by atoms with van der Waals surface area (Å²) in [5.74, 6) is -0.115. The van der Waals surface area contributed by atoms with Gasteiger partial charge in [-0.2, -0.15) is 10.5 Å². The molecular formula is C23H26Cl3N4O+.